The van der Waals surface area contributed by atoms with Crippen LogP contribution in [0.4, 0.5) is 4.79 Å². The van der Waals surface area contributed by atoms with Crippen LogP contribution in [0.15, 0.2) is 29.2 Å². The highest BCUT2D eigenvalue weighted by molar-refractivity contribution is 7.89. The number of fused-ring (bicyclic) bond motifs is 2. The van der Waals surface area contributed by atoms with Crippen molar-refractivity contribution in [1.82, 2.24) is 14.1 Å². The van der Waals surface area contributed by atoms with Crippen molar-refractivity contribution in [3.05, 3.63) is 29.3 Å². The number of halogens is 1. The highest BCUT2D eigenvalue weighted by Crippen LogP contribution is 2.45. The fourth-order valence-electron chi connectivity index (χ4n) is 6.69. The summed E-state index contributed by atoms with van der Waals surface area (Å²) in [7, 11) is -3.73. The van der Waals surface area contributed by atoms with Gasteiger partial charge in [0.25, 0.3) is 0 Å². The van der Waals surface area contributed by atoms with E-state index < -0.39 is 15.6 Å². The molecule has 2 unspecified atom stereocenters. The number of amides is 1. The Morgan fingerprint density at radius 2 is 1.60 bits per heavy atom. The molecular formula is C26H38ClN3O4S. The molecule has 0 saturated carbocycles. The lowest BCUT2D eigenvalue weighted by Crippen LogP contribution is -2.64. The molecular weight excluding hydrogens is 486 g/mol. The summed E-state index contributed by atoms with van der Waals surface area (Å²) < 4.78 is 35.3. The summed E-state index contributed by atoms with van der Waals surface area (Å²) in [6, 6.07) is 6.51. The molecule has 0 aromatic heterocycles. The maximum absolute atomic E-state index is 13.7. The Morgan fingerprint density at radius 1 is 0.914 bits per heavy atom. The van der Waals surface area contributed by atoms with Gasteiger partial charge in [-0.05, 0) is 95.6 Å². The number of likely N-dealkylation sites (tertiary alicyclic amines) is 2. The van der Waals surface area contributed by atoms with Crippen LogP contribution in [0.2, 0.25) is 5.02 Å². The molecule has 0 aliphatic carbocycles. The molecule has 9 heteroatoms. The largest absolute Gasteiger partial charge is 0.441 e. The number of hydrogen-bond acceptors (Lipinski definition) is 5. The van der Waals surface area contributed by atoms with Gasteiger partial charge in [-0.2, -0.15) is 4.31 Å². The van der Waals surface area contributed by atoms with Crippen molar-refractivity contribution in [2.24, 2.45) is 0 Å². The summed E-state index contributed by atoms with van der Waals surface area (Å²) in [4.78, 5) is 18.0. The zero-order chi connectivity index (χ0) is 24.6. The first kappa shape index (κ1) is 25.3. The molecule has 4 aliphatic rings. The van der Waals surface area contributed by atoms with E-state index in [0.29, 0.717) is 43.4 Å². The summed E-state index contributed by atoms with van der Waals surface area (Å²) in [5.74, 6) is 0. The van der Waals surface area contributed by atoms with Crippen LogP contribution >= 0.6 is 11.6 Å². The van der Waals surface area contributed by atoms with Crippen LogP contribution in [-0.4, -0.2) is 78.5 Å². The Hall–Kier alpha value is -1.35. The van der Waals surface area contributed by atoms with Gasteiger partial charge in [0.15, 0.2) is 0 Å². The van der Waals surface area contributed by atoms with E-state index in [0.717, 1.165) is 25.7 Å². The minimum absolute atomic E-state index is 0.0542. The number of nitrogens with zero attached hydrogens (tertiary/aromatic N) is 3. The molecule has 4 aliphatic heterocycles. The maximum Gasteiger partial charge on any atom is 0.410 e. The number of hydrogen-bond donors (Lipinski definition) is 0. The molecule has 0 spiro atoms. The van der Waals surface area contributed by atoms with Crippen LogP contribution in [0, 0.1) is 0 Å². The smallest absolute Gasteiger partial charge is 0.410 e. The topological polar surface area (TPSA) is 70.2 Å². The quantitative estimate of drug-likeness (QED) is 0.562. The summed E-state index contributed by atoms with van der Waals surface area (Å²) in [5, 5.41) is 0.505. The molecule has 0 radical (unpaired) electrons. The summed E-state index contributed by atoms with van der Waals surface area (Å²) in [6.07, 6.45) is 9.41. The van der Waals surface area contributed by atoms with Crippen molar-refractivity contribution < 1.29 is 17.9 Å². The molecule has 4 saturated heterocycles. The van der Waals surface area contributed by atoms with E-state index in [1.165, 1.54) is 32.4 Å². The van der Waals surface area contributed by atoms with Crippen molar-refractivity contribution in [3.8, 4) is 0 Å². The highest BCUT2D eigenvalue weighted by atomic mass is 35.5. The molecule has 0 N–H and O–H groups in total. The Kier molecular flexibility index (Phi) is 7.37. The average molecular weight is 524 g/mol. The molecule has 2 bridgehead atoms. The molecule has 1 amide bonds. The van der Waals surface area contributed by atoms with E-state index in [4.69, 9.17) is 16.3 Å². The first-order valence-electron chi connectivity index (χ1n) is 13.3. The Labute approximate surface area is 214 Å². The lowest BCUT2D eigenvalue weighted by atomic mass is 9.77. The van der Waals surface area contributed by atoms with Gasteiger partial charge < -0.3 is 14.5 Å². The lowest BCUT2D eigenvalue weighted by molar-refractivity contribution is -0.0925. The van der Waals surface area contributed by atoms with Gasteiger partial charge in [0, 0.05) is 30.2 Å². The standard InChI is InChI=1S/C26H38ClN3O4S/c1-26(34-25(31)29-18-13-21(14-19-29)28-16-3-2-4-17-28)15-12-22-6-5-7-24(26)30(22)35(32,33)23-10-8-20(27)9-11-23/h8-11,21-22,24H,2-7,12-19H2,1H3/t22?,24?,26-/m1/s1. The predicted octanol–water partition coefficient (Wildman–Crippen LogP) is 4.89. The molecule has 4 heterocycles. The number of rotatable bonds is 4. The van der Waals surface area contributed by atoms with E-state index in [1.807, 2.05) is 11.8 Å². The highest BCUT2D eigenvalue weighted by Gasteiger charge is 2.54. The third-order valence-electron chi connectivity index (χ3n) is 8.70. The summed E-state index contributed by atoms with van der Waals surface area (Å²) in [5.41, 5.74) is -0.836. The third-order valence-corrected chi connectivity index (χ3v) is 10.9. The van der Waals surface area contributed by atoms with E-state index >= 15 is 0 Å². The van der Waals surface area contributed by atoms with Gasteiger partial charge in [-0.3, -0.25) is 0 Å². The van der Waals surface area contributed by atoms with Crippen LogP contribution in [0.5, 0.6) is 0 Å². The number of piperidine rings is 4. The number of carbonyl (C=O) groups is 1. The second-order valence-electron chi connectivity index (χ2n) is 10.9. The van der Waals surface area contributed by atoms with E-state index in [1.54, 1.807) is 28.6 Å². The number of sulfonamides is 1. The number of carbonyl (C=O) groups excluding carboxylic acids is 1. The molecule has 7 nitrogen and oxygen atoms in total. The van der Waals surface area contributed by atoms with Crippen LogP contribution in [0.25, 0.3) is 0 Å². The fourth-order valence-corrected chi connectivity index (χ4v) is 8.81. The Morgan fingerprint density at radius 3 is 2.29 bits per heavy atom. The first-order chi connectivity index (χ1) is 16.8. The zero-order valence-corrected chi connectivity index (χ0v) is 22.3. The zero-order valence-electron chi connectivity index (χ0n) is 20.7. The molecule has 1 aromatic rings. The molecule has 194 valence electrons. The van der Waals surface area contributed by atoms with Crippen LogP contribution in [0.3, 0.4) is 0 Å². The normalized spacial score (nSPS) is 31.3. The SMILES string of the molecule is C[C@@]1(OC(=O)N2CCC(N3CCCCC3)CC2)CCC2CCCC1N2S(=O)(=O)c1ccc(Cl)cc1. The first-order valence-corrected chi connectivity index (χ1v) is 15.1. The summed E-state index contributed by atoms with van der Waals surface area (Å²) >= 11 is 6.00. The second-order valence-corrected chi connectivity index (χ2v) is 13.2. The number of ether oxygens (including phenoxy) is 1. The molecule has 35 heavy (non-hydrogen) atoms. The Balaban J connectivity index is 1.28. The van der Waals surface area contributed by atoms with E-state index in [9.17, 15) is 13.2 Å². The van der Waals surface area contributed by atoms with Crippen molar-refractivity contribution in [2.45, 2.75) is 99.8 Å². The lowest BCUT2D eigenvalue weighted by Gasteiger charge is -2.53. The fraction of sp³-hybridized carbons (Fsp3) is 0.731. The van der Waals surface area contributed by atoms with Crippen molar-refractivity contribution >= 4 is 27.7 Å². The Bertz CT molecular complexity index is 1010. The van der Waals surface area contributed by atoms with Gasteiger partial charge in [0.05, 0.1) is 10.9 Å². The van der Waals surface area contributed by atoms with E-state index in [2.05, 4.69) is 4.90 Å². The van der Waals surface area contributed by atoms with Crippen molar-refractivity contribution in [1.29, 1.82) is 0 Å². The van der Waals surface area contributed by atoms with Crippen molar-refractivity contribution in [2.75, 3.05) is 26.2 Å². The molecule has 1 aromatic carbocycles. The van der Waals surface area contributed by atoms with E-state index in [-0.39, 0.29) is 23.1 Å². The molecule has 5 rings (SSSR count). The molecule has 4 fully saturated rings. The van der Waals surface area contributed by atoms with Crippen LogP contribution in [-0.2, 0) is 14.8 Å². The van der Waals surface area contributed by atoms with Crippen LogP contribution in [0.1, 0.15) is 71.1 Å². The average Bonchev–Trinajstić information content (AvgIpc) is 2.87. The maximum atomic E-state index is 13.7. The van der Waals surface area contributed by atoms with Gasteiger partial charge in [0.1, 0.15) is 5.60 Å². The van der Waals surface area contributed by atoms with Crippen LogP contribution < -0.4 is 0 Å². The van der Waals surface area contributed by atoms with Crippen molar-refractivity contribution in [3.63, 3.8) is 0 Å². The monoisotopic (exact) mass is 523 g/mol. The van der Waals surface area contributed by atoms with Gasteiger partial charge in [-0.1, -0.05) is 24.4 Å². The van der Waals surface area contributed by atoms with Gasteiger partial charge >= 0.3 is 6.09 Å². The third kappa shape index (κ3) is 5.09. The molecule has 3 atom stereocenters. The minimum atomic E-state index is -3.73. The van der Waals surface area contributed by atoms with Gasteiger partial charge in [-0.15, -0.1) is 0 Å². The number of benzene rings is 1. The second kappa shape index (κ2) is 10.2. The van der Waals surface area contributed by atoms with Gasteiger partial charge in [-0.25, -0.2) is 13.2 Å². The summed E-state index contributed by atoms with van der Waals surface area (Å²) in [6.45, 7) is 5.69. The van der Waals surface area contributed by atoms with Gasteiger partial charge in [0.2, 0.25) is 10.0 Å². The predicted molar refractivity (Wildman–Crippen MR) is 136 cm³/mol. The minimum Gasteiger partial charge on any atom is -0.441 e.